The number of nitrogens with zero attached hydrogens (tertiary/aromatic N) is 2. The second-order valence-corrected chi connectivity index (χ2v) is 7.26. The lowest BCUT2D eigenvalue weighted by atomic mass is 10.2. The number of rotatable bonds is 3. The molecule has 1 aliphatic rings. The fourth-order valence-electron chi connectivity index (χ4n) is 2.42. The third kappa shape index (κ3) is 3.89. The van der Waals surface area contributed by atoms with Crippen LogP contribution in [0.5, 0.6) is 5.75 Å². The van der Waals surface area contributed by atoms with Crippen molar-refractivity contribution in [3.05, 3.63) is 64.0 Å². The molecule has 0 bridgehead atoms. The molecule has 1 saturated heterocycles. The molecule has 1 heterocycles. The van der Waals surface area contributed by atoms with Gasteiger partial charge in [-0.1, -0.05) is 29.8 Å². The third-order valence-electron chi connectivity index (χ3n) is 3.61. The minimum Gasteiger partial charge on any atom is -0.507 e. The van der Waals surface area contributed by atoms with Gasteiger partial charge in [-0.2, -0.15) is 0 Å². The zero-order valence-electron chi connectivity index (χ0n) is 13.8. The first kappa shape index (κ1) is 17.6. The Morgan fingerprint density at radius 1 is 1.20 bits per heavy atom. The Morgan fingerprint density at radius 3 is 2.60 bits per heavy atom. The molecule has 0 saturated carbocycles. The molecule has 1 fully saturated rings. The van der Waals surface area contributed by atoms with Crippen molar-refractivity contribution in [1.29, 1.82) is 0 Å². The Kier molecular flexibility index (Phi) is 5.16. The minimum absolute atomic E-state index is 0.0266. The number of thioether (sulfide) groups is 1. The van der Waals surface area contributed by atoms with E-state index in [-0.39, 0.29) is 17.7 Å². The third-order valence-corrected chi connectivity index (χ3v) is 4.83. The molecule has 0 aliphatic carbocycles. The number of amidine groups is 1. The summed E-state index contributed by atoms with van der Waals surface area (Å²) in [4.78, 5) is 19.5. The molecule has 3 rings (SSSR count). The van der Waals surface area contributed by atoms with Crippen LogP contribution >= 0.6 is 23.4 Å². The van der Waals surface area contributed by atoms with Crippen LogP contribution in [0.4, 0.5) is 5.69 Å². The average molecular weight is 373 g/mol. The van der Waals surface area contributed by atoms with Gasteiger partial charge in [0, 0.05) is 16.6 Å². The van der Waals surface area contributed by atoms with E-state index in [1.165, 1.54) is 17.8 Å². The zero-order chi connectivity index (χ0) is 18.0. The molecule has 0 unspecified atom stereocenters. The van der Waals surface area contributed by atoms with E-state index in [4.69, 9.17) is 11.6 Å². The Bertz CT molecular complexity index is 863. The number of halogens is 1. The number of phenolic OH excluding ortho intramolecular Hbond substituents is 1. The molecule has 2 aromatic carbocycles. The molecule has 1 N–H and O–H groups in total. The van der Waals surface area contributed by atoms with Crippen LogP contribution in [0, 0.1) is 0 Å². The molecule has 1 amide bonds. The van der Waals surface area contributed by atoms with Crippen molar-refractivity contribution in [2.75, 3.05) is 0 Å². The molecular formula is C19H17ClN2O2S. The standard InChI is InChI=1S/C19H17ClN2O2S/c1-12(2)22-18(24)17(11-13-10-14(20)8-9-16(13)23)25-19(22)21-15-6-4-3-5-7-15/h3-12,23H,1-2H3/b17-11+,21-19?. The van der Waals surface area contributed by atoms with Gasteiger partial charge in [-0.3, -0.25) is 9.69 Å². The highest BCUT2D eigenvalue weighted by atomic mass is 35.5. The minimum atomic E-state index is -0.131. The summed E-state index contributed by atoms with van der Waals surface area (Å²) in [5.41, 5.74) is 1.29. The Morgan fingerprint density at radius 2 is 1.92 bits per heavy atom. The number of carbonyl (C=O) groups is 1. The smallest absolute Gasteiger partial charge is 0.266 e. The highest BCUT2D eigenvalue weighted by Gasteiger charge is 2.35. The van der Waals surface area contributed by atoms with E-state index in [1.807, 2.05) is 44.2 Å². The first-order valence-corrected chi connectivity index (χ1v) is 9.00. The molecule has 2 aromatic rings. The van der Waals surface area contributed by atoms with Crippen LogP contribution in [0.3, 0.4) is 0 Å². The summed E-state index contributed by atoms with van der Waals surface area (Å²) < 4.78 is 0. The number of amides is 1. The number of aromatic hydroxyl groups is 1. The maximum Gasteiger partial charge on any atom is 0.266 e. The van der Waals surface area contributed by atoms with Crippen LogP contribution in [-0.4, -0.2) is 27.1 Å². The Hall–Kier alpha value is -2.24. The van der Waals surface area contributed by atoms with E-state index in [0.29, 0.717) is 20.7 Å². The summed E-state index contributed by atoms with van der Waals surface area (Å²) >= 11 is 7.28. The maximum atomic E-state index is 12.8. The van der Waals surface area contributed by atoms with Crippen LogP contribution in [0.2, 0.25) is 5.02 Å². The molecule has 0 atom stereocenters. The fourth-order valence-corrected chi connectivity index (χ4v) is 3.71. The van der Waals surface area contributed by atoms with E-state index in [2.05, 4.69) is 4.99 Å². The Balaban J connectivity index is 2.00. The summed E-state index contributed by atoms with van der Waals surface area (Å²) in [6.07, 6.45) is 1.65. The Labute approximate surface area is 155 Å². The lowest BCUT2D eigenvalue weighted by Gasteiger charge is -2.19. The number of hydrogen-bond donors (Lipinski definition) is 1. The van der Waals surface area contributed by atoms with Gasteiger partial charge < -0.3 is 5.11 Å². The summed E-state index contributed by atoms with van der Waals surface area (Å²) in [6.45, 7) is 3.89. The van der Waals surface area contributed by atoms with E-state index in [1.54, 1.807) is 23.1 Å². The highest BCUT2D eigenvalue weighted by molar-refractivity contribution is 8.18. The van der Waals surface area contributed by atoms with Gasteiger partial charge in [-0.25, -0.2) is 4.99 Å². The summed E-state index contributed by atoms with van der Waals surface area (Å²) in [7, 11) is 0. The van der Waals surface area contributed by atoms with Gasteiger partial charge >= 0.3 is 0 Å². The molecule has 4 nitrogen and oxygen atoms in total. The largest absolute Gasteiger partial charge is 0.507 e. The van der Waals surface area contributed by atoms with Gasteiger partial charge in [-0.15, -0.1) is 0 Å². The first-order chi connectivity index (χ1) is 12.0. The number of benzene rings is 2. The van der Waals surface area contributed by atoms with E-state index in [9.17, 15) is 9.90 Å². The fraction of sp³-hybridized carbons (Fsp3) is 0.158. The predicted molar refractivity (Wildman–Crippen MR) is 104 cm³/mol. The molecular weight excluding hydrogens is 356 g/mol. The van der Waals surface area contributed by atoms with Crippen molar-refractivity contribution >= 4 is 46.2 Å². The van der Waals surface area contributed by atoms with Crippen LogP contribution in [0.1, 0.15) is 19.4 Å². The normalized spacial score (nSPS) is 17.9. The number of phenols is 1. The summed E-state index contributed by atoms with van der Waals surface area (Å²) in [5, 5.41) is 11.1. The zero-order valence-corrected chi connectivity index (χ0v) is 15.4. The van der Waals surface area contributed by atoms with Crippen molar-refractivity contribution in [1.82, 2.24) is 4.90 Å². The summed E-state index contributed by atoms with van der Waals surface area (Å²) in [5.74, 6) is -0.0519. The highest BCUT2D eigenvalue weighted by Crippen LogP contribution is 2.36. The van der Waals surface area contributed by atoms with Crippen molar-refractivity contribution < 1.29 is 9.90 Å². The van der Waals surface area contributed by atoms with Gasteiger partial charge in [0.15, 0.2) is 5.17 Å². The maximum absolute atomic E-state index is 12.8. The topological polar surface area (TPSA) is 52.9 Å². The second kappa shape index (κ2) is 7.33. The monoisotopic (exact) mass is 372 g/mol. The molecule has 0 spiro atoms. The van der Waals surface area contributed by atoms with Gasteiger partial charge in [0.1, 0.15) is 5.75 Å². The predicted octanol–water partition coefficient (Wildman–Crippen LogP) is 5.06. The van der Waals surface area contributed by atoms with Crippen LogP contribution in [-0.2, 0) is 4.79 Å². The molecule has 6 heteroatoms. The van der Waals surface area contributed by atoms with Crippen LogP contribution < -0.4 is 0 Å². The molecule has 0 aromatic heterocycles. The van der Waals surface area contributed by atoms with Crippen molar-refractivity contribution in [2.45, 2.75) is 19.9 Å². The SMILES string of the molecule is CC(C)N1C(=O)/C(=C\c2cc(Cl)ccc2O)SC1=Nc1ccccc1. The lowest BCUT2D eigenvalue weighted by molar-refractivity contribution is -0.123. The molecule has 1 aliphatic heterocycles. The average Bonchev–Trinajstić information content (AvgIpc) is 2.87. The van der Waals surface area contributed by atoms with Crippen molar-refractivity contribution in [3.63, 3.8) is 0 Å². The van der Waals surface area contributed by atoms with Crippen molar-refractivity contribution in [3.8, 4) is 5.75 Å². The number of aliphatic imine (C=N–C) groups is 1. The van der Waals surface area contributed by atoms with Gasteiger partial charge in [0.2, 0.25) is 0 Å². The van der Waals surface area contributed by atoms with E-state index < -0.39 is 0 Å². The van der Waals surface area contributed by atoms with Gasteiger partial charge in [0.05, 0.1) is 10.6 Å². The van der Waals surface area contributed by atoms with Crippen LogP contribution in [0.15, 0.2) is 58.4 Å². The molecule has 0 radical (unpaired) electrons. The van der Waals surface area contributed by atoms with E-state index >= 15 is 0 Å². The number of carbonyl (C=O) groups excluding carboxylic acids is 1. The second-order valence-electron chi connectivity index (χ2n) is 5.81. The first-order valence-electron chi connectivity index (χ1n) is 7.81. The summed E-state index contributed by atoms with van der Waals surface area (Å²) in [6, 6.07) is 14.2. The van der Waals surface area contributed by atoms with Gasteiger partial charge in [0.25, 0.3) is 5.91 Å². The molecule has 25 heavy (non-hydrogen) atoms. The number of hydrogen-bond acceptors (Lipinski definition) is 4. The molecule has 128 valence electrons. The van der Waals surface area contributed by atoms with Crippen molar-refractivity contribution in [2.24, 2.45) is 4.99 Å². The van der Waals surface area contributed by atoms with E-state index in [0.717, 1.165) is 5.69 Å². The van der Waals surface area contributed by atoms with Crippen LogP contribution in [0.25, 0.3) is 6.08 Å². The lowest BCUT2D eigenvalue weighted by Crippen LogP contribution is -2.35. The quantitative estimate of drug-likeness (QED) is 0.766. The number of para-hydroxylation sites is 1. The van der Waals surface area contributed by atoms with Gasteiger partial charge in [-0.05, 0) is 62.0 Å².